The summed E-state index contributed by atoms with van der Waals surface area (Å²) in [6, 6.07) is 0. The van der Waals surface area contributed by atoms with Gasteiger partial charge in [-0.3, -0.25) is 0 Å². The number of hydrogen-bond donors (Lipinski definition) is 0. The summed E-state index contributed by atoms with van der Waals surface area (Å²) in [5, 5.41) is 0. The highest BCUT2D eigenvalue weighted by atomic mass is 16.5. The third-order valence-electron chi connectivity index (χ3n) is 3.80. The summed E-state index contributed by atoms with van der Waals surface area (Å²) in [6.07, 6.45) is 5.75. The minimum Gasteiger partial charge on any atom is -0.384 e. The van der Waals surface area contributed by atoms with E-state index in [0.29, 0.717) is 0 Å². The van der Waals surface area contributed by atoms with Gasteiger partial charge in [0.25, 0.3) is 0 Å². The maximum Gasteiger partial charge on any atom is 0.126 e. The van der Waals surface area contributed by atoms with Crippen LogP contribution < -0.4 is 0 Å². The maximum atomic E-state index is 10.8. The number of methoxy groups -OCH3 is 1. The van der Waals surface area contributed by atoms with Crippen molar-refractivity contribution in [3.8, 4) is 0 Å². The second kappa shape index (κ2) is 2.07. The van der Waals surface area contributed by atoms with Gasteiger partial charge in [-0.15, -0.1) is 0 Å². The first kappa shape index (κ1) is 7.29. The summed E-state index contributed by atoms with van der Waals surface area (Å²) in [6.45, 7) is 0.783. The Morgan fingerprint density at radius 3 is 2.27 bits per heavy atom. The van der Waals surface area contributed by atoms with Crippen molar-refractivity contribution in [3.05, 3.63) is 0 Å². The van der Waals surface area contributed by atoms with E-state index >= 15 is 0 Å². The molecule has 2 rings (SSSR count). The van der Waals surface area contributed by atoms with Crippen LogP contribution in [0.1, 0.15) is 25.7 Å². The van der Waals surface area contributed by atoms with Gasteiger partial charge in [0.15, 0.2) is 0 Å². The fourth-order valence-corrected chi connectivity index (χ4v) is 2.66. The van der Waals surface area contributed by atoms with Gasteiger partial charge in [0.2, 0.25) is 0 Å². The van der Waals surface area contributed by atoms with Crippen molar-refractivity contribution in [1.82, 2.24) is 0 Å². The zero-order chi connectivity index (χ0) is 7.95. The van der Waals surface area contributed by atoms with Crippen LogP contribution in [0.15, 0.2) is 0 Å². The molecule has 2 heteroatoms. The molecule has 0 aliphatic heterocycles. The summed E-state index contributed by atoms with van der Waals surface area (Å²) in [4.78, 5) is 10.8. The van der Waals surface area contributed by atoms with Gasteiger partial charge in [0, 0.05) is 17.9 Å². The highest BCUT2D eigenvalue weighted by Gasteiger charge is 2.65. The number of hydrogen-bond acceptors (Lipinski definition) is 2. The lowest BCUT2D eigenvalue weighted by molar-refractivity contribution is -0.196. The van der Waals surface area contributed by atoms with Crippen LogP contribution in [-0.2, 0) is 9.53 Å². The van der Waals surface area contributed by atoms with Crippen LogP contribution in [0, 0.1) is 10.8 Å². The number of aldehydes is 1. The molecule has 0 spiro atoms. The lowest BCUT2D eigenvalue weighted by Crippen LogP contribution is -2.62. The number of carbonyl (C=O) groups excluding carboxylic acids is 1. The zero-order valence-electron chi connectivity index (χ0n) is 6.93. The smallest absolute Gasteiger partial charge is 0.126 e. The van der Waals surface area contributed by atoms with Gasteiger partial charge in [-0.05, 0) is 25.7 Å². The monoisotopic (exact) mass is 154 g/mol. The molecule has 0 aromatic rings. The van der Waals surface area contributed by atoms with Crippen LogP contribution in [0.25, 0.3) is 0 Å². The molecule has 0 radical (unpaired) electrons. The predicted molar refractivity (Wildman–Crippen MR) is 41.3 cm³/mol. The number of carbonyl (C=O) groups is 1. The molecule has 0 bridgehead atoms. The van der Waals surface area contributed by atoms with E-state index in [0.717, 1.165) is 19.4 Å². The molecule has 0 saturated heterocycles. The molecule has 0 unspecified atom stereocenters. The first-order valence-corrected chi connectivity index (χ1v) is 4.24. The van der Waals surface area contributed by atoms with Crippen molar-refractivity contribution < 1.29 is 9.53 Å². The van der Waals surface area contributed by atoms with Crippen molar-refractivity contribution in [2.45, 2.75) is 25.7 Å². The number of fused-ring (bicyclic) bond motifs is 1. The highest BCUT2D eigenvalue weighted by molar-refractivity contribution is 5.65. The van der Waals surface area contributed by atoms with Crippen molar-refractivity contribution in [3.63, 3.8) is 0 Å². The Morgan fingerprint density at radius 2 is 2.00 bits per heavy atom. The quantitative estimate of drug-likeness (QED) is 0.574. The van der Waals surface area contributed by atoms with E-state index in [9.17, 15) is 4.79 Å². The minimum absolute atomic E-state index is 0.0447. The van der Waals surface area contributed by atoms with Crippen LogP contribution in [0.4, 0.5) is 0 Å². The Hall–Kier alpha value is -0.370. The van der Waals surface area contributed by atoms with Gasteiger partial charge in [-0.25, -0.2) is 0 Å². The Morgan fingerprint density at radius 1 is 1.36 bits per heavy atom. The molecule has 0 aromatic heterocycles. The SMILES string of the molecule is COCC12CCC1(C=O)CC2. The normalized spacial score (nSPS) is 47.0. The molecule has 0 aromatic carbocycles. The second-order valence-corrected chi connectivity index (χ2v) is 3.99. The van der Waals surface area contributed by atoms with Crippen molar-refractivity contribution in [2.24, 2.45) is 10.8 Å². The largest absolute Gasteiger partial charge is 0.384 e. The van der Waals surface area contributed by atoms with Gasteiger partial charge < -0.3 is 9.53 Å². The van der Waals surface area contributed by atoms with Gasteiger partial charge in [0.05, 0.1) is 6.61 Å². The summed E-state index contributed by atoms with van der Waals surface area (Å²) >= 11 is 0. The van der Waals surface area contributed by atoms with Crippen LogP contribution in [0.2, 0.25) is 0 Å². The minimum atomic E-state index is 0.0447. The summed E-state index contributed by atoms with van der Waals surface area (Å²) < 4.78 is 5.14. The fourth-order valence-electron chi connectivity index (χ4n) is 2.66. The number of rotatable bonds is 3. The first-order valence-electron chi connectivity index (χ1n) is 4.24. The molecule has 2 fully saturated rings. The lowest BCUT2D eigenvalue weighted by Gasteiger charge is -2.65. The van der Waals surface area contributed by atoms with Gasteiger partial charge >= 0.3 is 0 Å². The van der Waals surface area contributed by atoms with E-state index in [-0.39, 0.29) is 10.8 Å². The first-order chi connectivity index (χ1) is 5.29. The second-order valence-electron chi connectivity index (χ2n) is 3.99. The van der Waals surface area contributed by atoms with E-state index in [4.69, 9.17) is 4.74 Å². The third kappa shape index (κ3) is 0.639. The molecule has 2 saturated carbocycles. The van der Waals surface area contributed by atoms with Crippen LogP contribution >= 0.6 is 0 Å². The summed E-state index contributed by atoms with van der Waals surface area (Å²) in [7, 11) is 1.72. The average Bonchev–Trinajstić information content (AvgIpc) is 2.03. The Kier molecular flexibility index (Phi) is 1.37. The number of ether oxygens (including phenoxy) is 1. The van der Waals surface area contributed by atoms with E-state index in [1.807, 2.05) is 0 Å². The van der Waals surface area contributed by atoms with E-state index in [1.165, 1.54) is 19.1 Å². The maximum absolute atomic E-state index is 10.8. The van der Waals surface area contributed by atoms with Gasteiger partial charge in [-0.2, -0.15) is 0 Å². The van der Waals surface area contributed by atoms with Crippen LogP contribution in [0.3, 0.4) is 0 Å². The van der Waals surface area contributed by atoms with E-state index < -0.39 is 0 Å². The lowest BCUT2D eigenvalue weighted by atomic mass is 9.39. The van der Waals surface area contributed by atoms with E-state index in [2.05, 4.69) is 0 Å². The molecule has 2 aliphatic rings. The van der Waals surface area contributed by atoms with Gasteiger partial charge in [-0.1, -0.05) is 0 Å². The molecular formula is C9H14O2. The molecule has 2 nitrogen and oxygen atoms in total. The highest BCUT2D eigenvalue weighted by Crippen LogP contribution is 2.69. The molecule has 0 amide bonds. The fraction of sp³-hybridized carbons (Fsp3) is 0.889. The summed E-state index contributed by atoms with van der Waals surface area (Å²) in [5.41, 5.74) is 0.312. The van der Waals surface area contributed by atoms with Crippen LogP contribution in [-0.4, -0.2) is 20.0 Å². The van der Waals surface area contributed by atoms with Gasteiger partial charge in [0.1, 0.15) is 6.29 Å². The molecule has 0 heterocycles. The van der Waals surface area contributed by atoms with Crippen LogP contribution in [0.5, 0.6) is 0 Å². The van der Waals surface area contributed by atoms with Crippen molar-refractivity contribution in [2.75, 3.05) is 13.7 Å². The van der Waals surface area contributed by atoms with Crippen molar-refractivity contribution >= 4 is 6.29 Å². The molecular weight excluding hydrogens is 140 g/mol. The molecule has 62 valence electrons. The third-order valence-corrected chi connectivity index (χ3v) is 3.80. The zero-order valence-corrected chi connectivity index (χ0v) is 6.93. The Balaban J connectivity index is 2.10. The van der Waals surface area contributed by atoms with Crippen molar-refractivity contribution in [1.29, 1.82) is 0 Å². The predicted octanol–water partition coefficient (Wildman–Crippen LogP) is 1.39. The topological polar surface area (TPSA) is 26.3 Å². The molecule has 2 aliphatic carbocycles. The summed E-state index contributed by atoms with van der Waals surface area (Å²) in [5.74, 6) is 0. The average molecular weight is 154 g/mol. The Labute approximate surface area is 66.9 Å². The standard InChI is InChI=1S/C9H14O2/c1-11-7-9-4-2-8(9,6-10)3-5-9/h6H,2-5,7H2,1H3. The Bertz CT molecular complexity index is 178. The molecule has 0 atom stereocenters. The van der Waals surface area contributed by atoms with E-state index in [1.54, 1.807) is 7.11 Å². The molecule has 0 N–H and O–H groups in total. The molecule has 11 heavy (non-hydrogen) atoms.